The van der Waals surface area contributed by atoms with Gasteiger partial charge in [0.15, 0.2) is 23.3 Å². The Morgan fingerprint density at radius 3 is 1.64 bits per heavy atom. The molecule has 78 valence electrons. The van der Waals surface area contributed by atoms with E-state index in [0.29, 0.717) is 0 Å². The molecule has 1 aromatic rings. The summed E-state index contributed by atoms with van der Waals surface area (Å²) in [7, 11) is 0. The van der Waals surface area contributed by atoms with Gasteiger partial charge in [0.2, 0.25) is 0 Å². The van der Waals surface area contributed by atoms with Crippen molar-refractivity contribution >= 4 is 0 Å². The molecule has 14 heavy (non-hydrogen) atoms. The Morgan fingerprint density at radius 2 is 1.21 bits per heavy atom. The Labute approximate surface area is 79.6 Å². The van der Waals surface area contributed by atoms with Crippen molar-refractivity contribution in [1.29, 1.82) is 0 Å². The average Bonchev–Trinajstić information content (AvgIpc) is 2.11. The SMILES string of the molecule is Cc1c(F)c(F)c(F)c(F)c1C(C)C. The Balaban J connectivity index is 3.60. The highest BCUT2D eigenvalue weighted by molar-refractivity contribution is 5.33. The monoisotopic (exact) mass is 206 g/mol. The van der Waals surface area contributed by atoms with E-state index in [1.807, 2.05) is 0 Å². The van der Waals surface area contributed by atoms with Crippen molar-refractivity contribution < 1.29 is 17.6 Å². The van der Waals surface area contributed by atoms with Crippen molar-refractivity contribution in [3.63, 3.8) is 0 Å². The Hall–Kier alpha value is -1.06. The highest BCUT2D eigenvalue weighted by Gasteiger charge is 2.23. The third-order valence-electron chi connectivity index (χ3n) is 2.13. The van der Waals surface area contributed by atoms with Crippen LogP contribution in [-0.4, -0.2) is 0 Å². The topological polar surface area (TPSA) is 0 Å². The summed E-state index contributed by atoms with van der Waals surface area (Å²) in [5.41, 5.74) is -0.280. The van der Waals surface area contributed by atoms with Crippen LogP contribution in [-0.2, 0) is 0 Å². The molecule has 0 aliphatic carbocycles. The van der Waals surface area contributed by atoms with E-state index in [-0.39, 0.29) is 17.0 Å². The third kappa shape index (κ3) is 1.49. The molecule has 0 fully saturated rings. The van der Waals surface area contributed by atoms with Crippen LogP contribution in [0.2, 0.25) is 0 Å². The maximum atomic E-state index is 13.2. The molecule has 4 heteroatoms. The molecule has 0 saturated heterocycles. The van der Waals surface area contributed by atoms with Crippen LogP contribution in [0.15, 0.2) is 0 Å². The van der Waals surface area contributed by atoms with Crippen LogP contribution in [0.25, 0.3) is 0 Å². The molecule has 0 unspecified atom stereocenters. The van der Waals surface area contributed by atoms with Crippen LogP contribution >= 0.6 is 0 Å². The number of hydrogen-bond donors (Lipinski definition) is 0. The molecule has 0 amide bonds. The smallest absolute Gasteiger partial charge is 0.197 e. The fraction of sp³-hybridized carbons (Fsp3) is 0.400. The van der Waals surface area contributed by atoms with Crippen molar-refractivity contribution in [3.05, 3.63) is 34.4 Å². The van der Waals surface area contributed by atoms with Gasteiger partial charge in [-0.25, -0.2) is 17.6 Å². The lowest BCUT2D eigenvalue weighted by Gasteiger charge is -2.12. The first-order valence-corrected chi connectivity index (χ1v) is 4.20. The molecule has 0 radical (unpaired) electrons. The number of hydrogen-bond acceptors (Lipinski definition) is 0. The molecular formula is C10H10F4. The van der Waals surface area contributed by atoms with Gasteiger partial charge in [-0.3, -0.25) is 0 Å². The minimum absolute atomic E-state index is 0.110. The summed E-state index contributed by atoms with van der Waals surface area (Å²) in [6.45, 7) is 4.40. The van der Waals surface area contributed by atoms with E-state index in [1.165, 1.54) is 6.92 Å². The van der Waals surface area contributed by atoms with Crippen LogP contribution in [0.4, 0.5) is 17.6 Å². The van der Waals surface area contributed by atoms with Gasteiger partial charge in [-0.1, -0.05) is 13.8 Å². The first-order valence-electron chi connectivity index (χ1n) is 4.20. The predicted molar refractivity (Wildman–Crippen MR) is 45.1 cm³/mol. The molecule has 0 heterocycles. The summed E-state index contributed by atoms with van der Waals surface area (Å²) < 4.78 is 51.7. The molecular weight excluding hydrogens is 196 g/mol. The Bertz CT molecular complexity index is 340. The van der Waals surface area contributed by atoms with Crippen molar-refractivity contribution in [2.45, 2.75) is 26.7 Å². The first-order chi connectivity index (χ1) is 6.37. The third-order valence-corrected chi connectivity index (χ3v) is 2.13. The molecule has 0 saturated carbocycles. The molecule has 0 nitrogen and oxygen atoms in total. The molecule has 0 bridgehead atoms. The minimum atomic E-state index is -1.75. The van der Waals surface area contributed by atoms with Gasteiger partial charge in [0.1, 0.15) is 0 Å². The van der Waals surface area contributed by atoms with E-state index in [0.717, 1.165) is 0 Å². The van der Waals surface area contributed by atoms with Crippen molar-refractivity contribution in [2.24, 2.45) is 0 Å². The van der Waals surface area contributed by atoms with Crippen molar-refractivity contribution in [2.75, 3.05) is 0 Å². The van der Waals surface area contributed by atoms with Crippen LogP contribution in [0.5, 0.6) is 0 Å². The van der Waals surface area contributed by atoms with E-state index in [9.17, 15) is 17.6 Å². The zero-order valence-corrected chi connectivity index (χ0v) is 8.09. The summed E-state index contributed by atoms with van der Waals surface area (Å²) in [5, 5.41) is 0. The van der Waals surface area contributed by atoms with Gasteiger partial charge in [-0.05, 0) is 24.0 Å². The summed E-state index contributed by atoms with van der Waals surface area (Å²) in [6, 6.07) is 0. The number of halogens is 4. The lowest BCUT2D eigenvalue weighted by Crippen LogP contribution is -2.07. The van der Waals surface area contributed by atoms with E-state index >= 15 is 0 Å². The molecule has 0 aromatic heterocycles. The van der Waals surface area contributed by atoms with Crippen molar-refractivity contribution in [3.8, 4) is 0 Å². The highest BCUT2D eigenvalue weighted by atomic mass is 19.2. The quantitative estimate of drug-likeness (QED) is 0.373. The lowest BCUT2D eigenvalue weighted by atomic mass is 9.96. The number of benzene rings is 1. The summed E-state index contributed by atoms with van der Waals surface area (Å²) in [4.78, 5) is 0. The largest absolute Gasteiger partial charge is 0.203 e. The standard InChI is InChI=1S/C10H10F4/c1-4(2)6-5(3)7(11)9(13)10(14)8(6)12/h4H,1-3H3. The molecule has 0 atom stereocenters. The normalized spacial score (nSPS) is 11.1. The van der Waals surface area contributed by atoms with Crippen LogP contribution in [0, 0.1) is 30.2 Å². The Morgan fingerprint density at radius 1 is 0.786 bits per heavy atom. The molecule has 1 aromatic carbocycles. The Kier molecular flexibility index (Phi) is 2.83. The highest BCUT2D eigenvalue weighted by Crippen LogP contribution is 2.28. The van der Waals surface area contributed by atoms with E-state index < -0.39 is 23.3 Å². The molecule has 0 aliphatic heterocycles. The van der Waals surface area contributed by atoms with Gasteiger partial charge in [-0.2, -0.15) is 0 Å². The zero-order chi connectivity index (χ0) is 11.0. The van der Waals surface area contributed by atoms with Gasteiger partial charge in [0.25, 0.3) is 0 Å². The van der Waals surface area contributed by atoms with E-state index in [1.54, 1.807) is 13.8 Å². The molecule has 0 aliphatic rings. The van der Waals surface area contributed by atoms with Gasteiger partial charge < -0.3 is 0 Å². The fourth-order valence-electron chi connectivity index (χ4n) is 1.44. The summed E-state index contributed by atoms with van der Waals surface area (Å²) in [6.07, 6.45) is 0. The van der Waals surface area contributed by atoms with Gasteiger partial charge >= 0.3 is 0 Å². The lowest BCUT2D eigenvalue weighted by molar-refractivity contribution is 0.398. The summed E-state index contributed by atoms with van der Waals surface area (Å²) in [5.74, 6) is -6.48. The first kappa shape index (κ1) is 11.0. The van der Waals surface area contributed by atoms with Gasteiger partial charge in [0, 0.05) is 0 Å². The maximum absolute atomic E-state index is 13.2. The van der Waals surface area contributed by atoms with Gasteiger partial charge in [0.05, 0.1) is 0 Å². The molecule has 0 N–H and O–H groups in total. The predicted octanol–water partition coefficient (Wildman–Crippen LogP) is 3.67. The average molecular weight is 206 g/mol. The second-order valence-corrected chi connectivity index (χ2v) is 3.45. The van der Waals surface area contributed by atoms with Crippen molar-refractivity contribution in [1.82, 2.24) is 0 Å². The van der Waals surface area contributed by atoms with E-state index in [2.05, 4.69) is 0 Å². The fourth-order valence-corrected chi connectivity index (χ4v) is 1.44. The van der Waals surface area contributed by atoms with Gasteiger partial charge in [-0.15, -0.1) is 0 Å². The minimum Gasteiger partial charge on any atom is -0.203 e. The second kappa shape index (κ2) is 3.59. The molecule has 1 rings (SSSR count). The molecule has 0 spiro atoms. The maximum Gasteiger partial charge on any atom is 0.197 e. The zero-order valence-electron chi connectivity index (χ0n) is 8.09. The second-order valence-electron chi connectivity index (χ2n) is 3.45. The van der Waals surface area contributed by atoms with Crippen LogP contribution < -0.4 is 0 Å². The summed E-state index contributed by atoms with van der Waals surface area (Å²) >= 11 is 0. The van der Waals surface area contributed by atoms with Crippen LogP contribution in [0.1, 0.15) is 30.9 Å². The van der Waals surface area contributed by atoms with E-state index in [4.69, 9.17) is 0 Å². The number of rotatable bonds is 1. The van der Waals surface area contributed by atoms with Crippen LogP contribution in [0.3, 0.4) is 0 Å².